The first-order valence-corrected chi connectivity index (χ1v) is 8.08. The van der Waals surface area contributed by atoms with Gasteiger partial charge in [0.2, 0.25) is 0 Å². The normalized spacial score (nSPS) is 11.3. The van der Waals surface area contributed by atoms with Crippen molar-refractivity contribution in [1.29, 1.82) is 0 Å². The van der Waals surface area contributed by atoms with Crippen LogP contribution < -0.4 is 0 Å². The number of ether oxygens (including phenoxy) is 1. The summed E-state index contributed by atoms with van der Waals surface area (Å²) >= 11 is 0. The molecule has 2 heterocycles. The van der Waals surface area contributed by atoms with E-state index in [1.54, 1.807) is 13.2 Å². The average molecular weight is 335 g/mol. The highest BCUT2D eigenvalue weighted by molar-refractivity contribution is 6.08. The molecular formula is C20H17NO4. The maximum Gasteiger partial charge on any atom is 0.310 e. The number of rotatable bonds is 4. The summed E-state index contributed by atoms with van der Waals surface area (Å²) in [4.78, 5) is 12.3. The molecule has 4 rings (SSSR count). The molecular weight excluding hydrogens is 318 g/mol. The van der Waals surface area contributed by atoms with E-state index >= 15 is 0 Å². The molecule has 0 fully saturated rings. The third-order valence-electron chi connectivity index (χ3n) is 4.43. The van der Waals surface area contributed by atoms with Crippen LogP contribution in [0.5, 0.6) is 0 Å². The molecule has 126 valence electrons. The maximum atomic E-state index is 12.3. The number of aryl methyl sites for hydroxylation is 2. The van der Waals surface area contributed by atoms with E-state index in [1.807, 2.05) is 43.3 Å². The van der Waals surface area contributed by atoms with Crippen LogP contribution >= 0.6 is 0 Å². The molecule has 0 saturated carbocycles. The molecule has 0 N–H and O–H groups in total. The Hall–Kier alpha value is -3.08. The largest absolute Gasteiger partial charge is 0.464 e. The van der Waals surface area contributed by atoms with Gasteiger partial charge in [0.15, 0.2) is 0 Å². The minimum atomic E-state index is -0.310. The first-order valence-electron chi connectivity index (χ1n) is 8.08. The molecule has 4 aromatic rings. The van der Waals surface area contributed by atoms with E-state index in [1.165, 1.54) is 0 Å². The third kappa shape index (κ3) is 2.78. The molecule has 2 aromatic carbocycles. The second kappa shape index (κ2) is 6.09. The van der Waals surface area contributed by atoms with Crippen LogP contribution in [0.3, 0.4) is 0 Å². The van der Waals surface area contributed by atoms with Crippen molar-refractivity contribution in [3.63, 3.8) is 0 Å². The molecule has 0 bridgehead atoms. The van der Waals surface area contributed by atoms with Crippen molar-refractivity contribution in [2.75, 3.05) is 0 Å². The van der Waals surface area contributed by atoms with Gasteiger partial charge in [-0.05, 0) is 30.7 Å². The van der Waals surface area contributed by atoms with Crippen LogP contribution in [-0.2, 0) is 22.6 Å². The lowest BCUT2D eigenvalue weighted by atomic mass is 10.0. The Labute approximate surface area is 144 Å². The van der Waals surface area contributed by atoms with Crippen LogP contribution in [0.1, 0.15) is 22.6 Å². The summed E-state index contributed by atoms with van der Waals surface area (Å²) in [7, 11) is 0. The average Bonchev–Trinajstić information content (AvgIpc) is 3.17. The summed E-state index contributed by atoms with van der Waals surface area (Å²) in [6.45, 7) is 3.80. The van der Waals surface area contributed by atoms with Crippen LogP contribution in [0, 0.1) is 13.8 Å². The molecule has 0 atom stereocenters. The van der Waals surface area contributed by atoms with Gasteiger partial charge in [-0.25, -0.2) is 0 Å². The Morgan fingerprint density at radius 2 is 2.00 bits per heavy atom. The van der Waals surface area contributed by atoms with Crippen LogP contribution in [0.15, 0.2) is 51.6 Å². The maximum absolute atomic E-state index is 12.3. The molecule has 0 radical (unpaired) electrons. The molecule has 5 nitrogen and oxygen atoms in total. The molecule has 5 heteroatoms. The summed E-state index contributed by atoms with van der Waals surface area (Å²) in [5, 5.41) is 7.01. The van der Waals surface area contributed by atoms with Crippen molar-refractivity contribution >= 4 is 27.7 Å². The SMILES string of the molecule is Cc1noc(C)c1COC(=O)Cc1coc2ccc3ccccc3c12. The van der Waals surface area contributed by atoms with Crippen molar-refractivity contribution in [2.45, 2.75) is 26.9 Å². The Bertz CT molecular complexity index is 1050. The highest BCUT2D eigenvalue weighted by Gasteiger charge is 2.16. The number of carbonyl (C=O) groups is 1. The highest BCUT2D eigenvalue weighted by Crippen LogP contribution is 2.30. The zero-order valence-electron chi connectivity index (χ0n) is 14.0. The fourth-order valence-corrected chi connectivity index (χ4v) is 3.07. The lowest BCUT2D eigenvalue weighted by Gasteiger charge is -2.05. The molecule has 0 unspecified atom stereocenters. The molecule has 25 heavy (non-hydrogen) atoms. The quantitative estimate of drug-likeness (QED) is 0.515. The number of benzene rings is 2. The van der Waals surface area contributed by atoms with Crippen molar-refractivity contribution in [2.24, 2.45) is 0 Å². The minimum Gasteiger partial charge on any atom is -0.464 e. The monoisotopic (exact) mass is 335 g/mol. The van der Waals surface area contributed by atoms with Gasteiger partial charge in [0, 0.05) is 10.9 Å². The van der Waals surface area contributed by atoms with Crippen molar-refractivity contribution < 1.29 is 18.5 Å². The van der Waals surface area contributed by atoms with E-state index in [0.29, 0.717) is 5.76 Å². The first-order chi connectivity index (χ1) is 12.1. The number of hydrogen-bond acceptors (Lipinski definition) is 5. The Morgan fingerprint density at radius 3 is 2.80 bits per heavy atom. The fraction of sp³-hybridized carbons (Fsp3) is 0.200. The van der Waals surface area contributed by atoms with E-state index in [2.05, 4.69) is 5.16 Å². The van der Waals surface area contributed by atoms with Gasteiger partial charge in [-0.1, -0.05) is 35.5 Å². The van der Waals surface area contributed by atoms with E-state index in [9.17, 15) is 4.79 Å². The number of esters is 1. The molecule has 0 aliphatic rings. The molecule has 0 spiro atoms. The zero-order chi connectivity index (χ0) is 17.4. The van der Waals surface area contributed by atoms with Gasteiger partial charge in [0.25, 0.3) is 0 Å². The van der Waals surface area contributed by atoms with Crippen molar-refractivity contribution in [3.8, 4) is 0 Å². The fourth-order valence-electron chi connectivity index (χ4n) is 3.07. The van der Waals surface area contributed by atoms with E-state index < -0.39 is 0 Å². The van der Waals surface area contributed by atoms with Crippen LogP contribution in [-0.4, -0.2) is 11.1 Å². The highest BCUT2D eigenvalue weighted by atomic mass is 16.5. The van der Waals surface area contributed by atoms with Crippen LogP contribution in [0.25, 0.3) is 21.7 Å². The second-order valence-corrected chi connectivity index (χ2v) is 6.06. The molecule has 0 aliphatic heterocycles. The number of hydrogen-bond donors (Lipinski definition) is 0. The number of nitrogens with zero attached hydrogens (tertiary/aromatic N) is 1. The number of furan rings is 1. The summed E-state index contributed by atoms with van der Waals surface area (Å²) in [5.41, 5.74) is 3.16. The topological polar surface area (TPSA) is 65.5 Å². The smallest absolute Gasteiger partial charge is 0.310 e. The van der Waals surface area contributed by atoms with Gasteiger partial charge >= 0.3 is 5.97 Å². The first kappa shape index (κ1) is 15.4. The van der Waals surface area contributed by atoms with Gasteiger partial charge in [0.05, 0.1) is 23.9 Å². The Morgan fingerprint density at radius 1 is 1.16 bits per heavy atom. The van der Waals surface area contributed by atoms with Gasteiger partial charge in [-0.2, -0.15) is 0 Å². The van der Waals surface area contributed by atoms with Gasteiger partial charge in [-0.3, -0.25) is 4.79 Å². The third-order valence-corrected chi connectivity index (χ3v) is 4.43. The summed E-state index contributed by atoms with van der Waals surface area (Å²) in [6.07, 6.45) is 1.79. The lowest BCUT2D eigenvalue weighted by Crippen LogP contribution is -2.08. The molecule has 2 aromatic heterocycles. The van der Waals surface area contributed by atoms with Gasteiger partial charge in [-0.15, -0.1) is 0 Å². The zero-order valence-corrected chi connectivity index (χ0v) is 14.0. The number of aromatic nitrogens is 1. The Kier molecular flexibility index (Phi) is 3.76. The minimum absolute atomic E-state index is 0.157. The van der Waals surface area contributed by atoms with Crippen LogP contribution in [0.4, 0.5) is 0 Å². The van der Waals surface area contributed by atoms with Crippen LogP contribution in [0.2, 0.25) is 0 Å². The molecule has 0 saturated heterocycles. The van der Waals surface area contributed by atoms with E-state index in [-0.39, 0.29) is 19.0 Å². The standard InChI is InChI=1S/C20H17NO4/c1-12-17(13(2)25-21-12)11-24-19(22)9-15-10-23-18-8-7-14-5-3-4-6-16(14)20(15)18/h3-8,10H,9,11H2,1-2H3. The van der Waals surface area contributed by atoms with Crippen molar-refractivity contribution in [1.82, 2.24) is 5.16 Å². The van der Waals surface area contributed by atoms with Gasteiger partial charge < -0.3 is 13.7 Å². The molecule has 0 amide bonds. The van der Waals surface area contributed by atoms with E-state index in [0.717, 1.165) is 38.6 Å². The summed E-state index contributed by atoms with van der Waals surface area (Å²) < 4.78 is 16.1. The Balaban J connectivity index is 1.58. The molecule has 0 aliphatic carbocycles. The predicted molar refractivity (Wildman–Crippen MR) is 93.2 cm³/mol. The van der Waals surface area contributed by atoms with Gasteiger partial charge in [0.1, 0.15) is 18.0 Å². The predicted octanol–water partition coefficient (Wildman–Crippen LogP) is 4.48. The lowest BCUT2D eigenvalue weighted by molar-refractivity contribution is -0.144. The second-order valence-electron chi connectivity index (χ2n) is 6.06. The summed E-state index contributed by atoms with van der Waals surface area (Å²) in [6, 6.07) is 12.0. The number of fused-ring (bicyclic) bond motifs is 3. The van der Waals surface area contributed by atoms with Crippen molar-refractivity contribution in [3.05, 3.63) is 65.2 Å². The number of carbonyl (C=O) groups excluding carboxylic acids is 1. The van der Waals surface area contributed by atoms with E-state index in [4.69, 9.17) is 13.7 Å². The summed E-state index contributed by atoms with van der Waals surface area (Å²) in [5.74, 6) is 0.362.